The number of nitrogens with zero attached hydrogens (tertiary/aromatic N) is 2. The van der Waals surface area contributed by atoms with Crippen molar-refractivity contribution in [1.82, 2.24) is 15.2 Å². The Morgan fingerprint density at radius 1 is 1.45 bits per heavy atom. The van der Waals surface area contributed by atoms with Gasteiger partial charge in [0.25, 0.3) is 0 Å². The number of likely N-dealkylation sites (N-methyl/N-ethyl adjacent to an activating group) is 1. The monoisotopic (exact) mass is 325 g/mol. The average molecular weight is 325 g/mol. The fourth-order valence-corrected chi connectivity index (χ4v) is 3.42. The number of methoxy groups -OCH3 is 1. The lowest BCUT2D eigenvalue weighted by atomic mass is 10.1. The highest BCUT2D eigenvalue weighted by atomic mass is 32.1. The number of hydrogen-bond donors (Lipinski definition) is 1. The SMILES string of the molecule is COC(=O)C[C@H]1CC[C@@H](CNC(=O)Cc2csc(C)n2)N1C. The van der Waals surface area contributed by atoms with Crippen LogP contribution in [0, 0.1) is 6.92 Å². The lowest BCUT2D eigenvalue weighted by molar-refractivity contribution is -0.141. The highest BCUT2D eigenvalue weighted by Crippen LogP contribution is 2.24. The van der Waals surface area contributed by atoms with Gasteiger partial charge in [-0.2, -0.15) is 0 Å². The Balaban J connectivity index is 1.75. The van der Waals surface area contributed by atoms with Crippen molar-refractivity contribution in [2.75, 3.05) is 20.7 Å². The second-order valence-electron chi connectivity index (χ2n) is 5.67. The van der Waals surface area contributed by atoms with Gasteiger partial charge in [-0.05, 0) is 26.8 Å². The van der Waals surface area contributed by atoms with E-state index >= 15 is 0 Å². The Morgan fingerprint density at radius 3 is 2.82 bits per heavy atom. The number of ether oxygens (including phenoxy) is 1. The maximum Gasteiger partial charge on any atom is 0.307 e. The molecular formula is C15H23N3O3S. The third-order valence-electron chi connectivity index (χ3n) is 4.16. The van der Waals surface area contributed by atoms with Crippen LogP contribution in [0.4, 0.5) is 0 Å². The van der Waals surface area contributed by atoms with Crippen LogP contribution >= 0.6 is 11.3 Å². The van der Waals surface area contributed by atoms with Gasteiger partial charge in [-0.3, -0.25) is 14.5 Å². The number of esters is 1. The molecule has 0 unspecified atom stereocenters. The summed E-state index contributed by atoms with van der Waals surface area (Å²) in [4.78, 5) is 29.8. The van der Waals surface area contributed by atoms with Crippen molar-refractivity contribution in [1.29, 1.82) is 0 Å². The number of carbonyl (C=O) groups is 2. The molecule has 1 aromatic rings. The molecule has 0 spiro atoms. The lowest BCUT2D eigenvalue weighted by Crippen LogP contribution is -2.42. The van der Waals surface area contributed by atoms with Crippen LogP contribution < -0.4 is 5.32 Å². The number of aromatic nitrogens is 1. The van der Waals surface area contributed by atoms with Gasteiger partial charge in [0, 0.05) is 24.0 Å². The van der Waals surface area contributed by atoms with Crippen LogP contribution in [0.2, 0.25) is 0 Å². The van der Waals surface area contributed by atoms with Gasteiger partial charge in [-0.25, -0.2) is 4.98 Å². The number of hydrogen-bond acceptors (Lipinski definition) is 6. The van der Waals surface area contributed by atoms with Crippen molar-refractivity contribution in [2.24, 2.45) is 0 Å². The van der Waals surface area contributed by atoms with Crippen molar-refractivity contribution in [3.63, 3.8) is 0 Å². The Labute approximate surface area is 134 Å². The van der Waals surface area contributed by atoms with E-state index in [4.69, 9.17) is 4.74 Å². The van der Waals surface area contributed by atoms with Gasteiger partial charge < -0.3 is 10.1 Å². The molecule has 122 valence electrons. The zero-order valence-corrected chi connectivity index (χ0v) is 14.1. The number of rotatable bonds is 6. The Bertz CT molecular complexity index is 532. The van der Waals surface area contributed by atoms with Crippen molar-refractivity contribution in [3.05, 3.63) is 16.1 Å². The lowest BCUT2D eigenvalue weighted by Gasteiger charge is -2.25. The van der Waals surface area contributed by atoms with Crippen LogP contribution in [-0.4, -0.2) is 54.5 Å². The number of thiazole rings is 1. The number of nitrogens with one attached hydrogen (secondary N) is 1. The molecule has 6 nitrogen and oxygen atoms in total. The van der Waals surface area contributed by atoms with Gasteiger partial charge in [0.05, 0.1) is 30.7 Å². The van der Waals surface area contributed by atoms with E-state index in [0.717, 1.165) is 23.5 Å². The molecule has 2 heterocycles. The van der Waals surface area contributed by atoms with E-state index in [1.54, 1.807) is 11.3 Å². The molecular weight excluding hydrogens is 302 g/mol. The minimum atomic E-state index is -0.180. The first-order valence-corrected chi connectivity index (χ1v) is 8.34. The predicted molar refractivity (Wildman–Crippen MR) is 84.8 cm³/mol. The van der Waals surface area contributed by atoms with E-state index < -0.39 is 0 Å². The highest BCUT2D eigenvalue weighted by Gasteiger charge is 2.32. The first-order chi connectivity index (χ1) is 10.5. The van der Waals surface area contributed by atoms with E-state index in [0.29, 0.717) is 19.4 Å². The van der Waals surface area contributed by atoms with Crippen molar-refractivity contribution < 1.29 is 14.3 Å². The fourth-order valence-electron chi connectivity index (χ4n) is 2.81. The first-order valence-electron chi connectivity index (χ1n) is 7.46. The largest absolute Gasteiger partial charge is 0.469 e. The topological polar surface area (TPSA) is 71.5 Å². The van der Waals surface area contributed by atoms with E-state index in [1.807, 2.05) is 19.4 Å². The Morgan fingerprint density at radius 2 is 2.18 bits per heavy atom. The van der Waals surface area contributed by atoms with Crippen molar-refractivity contribution >= 4 is 23.2 Å². The van der Waals surface area contributed by atoms with Gasteiger partial charge in [0.2, 0.25) is 5.91 Å². The molecule has 22 heavy (non-hydrogen) atoms. The molecule has 1 aromatic heterocycles. The number of aryl methyl sites for hydroxylation is 1. The zero-order chi connectivity index (χ0) is 16.1. The molecule has 0 bridgehead atoms. The summed E-state index contributed by atoms with van der Waals surface area (Å²) in [6.07, 6.45) is 2.67. The van der Waals surface area contributed by atoms with Crippen LogP contribution in [0.3, 0.4) is 0 Å². The summed E-state index contributed by atoms with van der Waals surface area (Å²) in [6.45, 7) is 2.54. The van der Waals surface area contributed by atoms with Gasteiger partial charge in [0.15, 0.2) is 0 Å². The van der Waals surface area contributed by atoms with E-state index in [9.17, 15) is 9.59 Å². The molecule has 1 aliphatic heterocycles. The second kappa shape index (κ2) is 7.69. The maximum absolute atomic E-state index is 12.0. The molecule has 1 saturated heterocycles. The molecule has 0 saturated carbocycles. The summed E-state index contributed by atoms with van der Waals surface area (Å²) < 4.78 is 4.72. The molecule has 7 heteroatoms. The second-order valence-corrected chi connectivity index (χ2v) is 6.73. The summed E-state index contributed by atoms with van der Waals surface area (Å²) in [5, 5.41) is 5.86. The smallest absolute Gasteiger partial charge is 0.307 e. The van der Waals surface area contributed by atoms with Crippen molar-refractivity contribution in [2.45, 2.75) is 44.7 Å². The molecule has 1 fully saturated rings. The maximum atomic E-state index is 12.0. The quantitative estimate of drug-likeness (QED) is 0.794. The number of amides is 1. The minimum Gasteiger partial charge on any atom is -0.469 e. The molecule has 0 aliphatic carbocycles. The fraction of sp³-hybridized carbons (Fsp3) is 0.667. The molecule has 2 rings (SSSR count). The van der Waals surface area contributed by atoms with Crippen LogP contribution in [0.5, 0.6) is 0 Å². The van der Waals surface area contributed by atoms with E-state index in [2.05, 4.69) is 15.2 Å². The molecule has 1 aliphatic rings. The van der Waals surface area contributed by atoms with E-state index in [-0.39, 0.29) is 24.0 Å². The summed E-state index contributed by atoms with van der Waals surface area (Å²) in [6, 6.07) is 0.478. The molecule has 2 atom stereocenters. The van der Waals surface area contributed by atoms with Crippen molar-refractivity contribution in [3.8, 4) is 0 Å². The predicted octanol–water partition coefficient (Wildman–Crippen LogP) is 1.14. The first kappa shape index (κ1) is 16.9. The highest BCUT2D eigenvalue weighted by molar-refractivity contribution is 7.09. The van der Waals surface area contributed by atoms with Crippen LogP contribution in [0.1, 0.15) is 30.0 Å². The molecule has 1 N–H and O–H groups in total. The summed E-state index contributed by atoms with van der Waals surface area (Å²) in [7, 11) is 3.41. The van der Waals surface area contributed by atoms with Crippen LogP contribution in [0.25, 0.3) is 0 Å². The normalized spacial score (nSPS) is 21.8. The summed E-state index contributed by atoms with van der Waals surface area (Å²) in [5.74, 6) is -0.185. The Hall–Kier alpha value is -1.47. The standard InChI is InChI=1S/C15H23N3O3S/c1-10-17-11(9-22-10)6-14(19)16-8-13-5-4-12(18(13)2)7-15(20)21-3/h9,12-13H,4-8H2,1-3H3,(H,16,19)/t12-,13+/m1/s1. The minimum absolute atomic E-state index is 0.00452. The molecule has 1 amide bonds. The zero-order valence-electron chi connectivity index (χ0n) is 13.3. The van der Waals surface area contributed by atoms with Gasteiger partial charge in [-0.1, -0.05) is 0 Å². The third-order valence-corrected chi connectivity index (χ3v) is 4.98. The molecule has 0 radical (unpaired) electrons. The molecule has 0 aromatic carbocycles. The number of likely N-dealkylation sites (tertiary alicyclic amines) is 1. The van der Waals surface area contributed by atoms with E-state index in [1.165, 1.54) is 7.11 Å². The third kappa shape index (κ3) is 4.51. The van der Waals surface area contributed by atoms with Gasteiger partial charge in [-0.15, -0.1) is 11.3 Å². The average Bonchev–Trinajstić information content (AvgIpc) is 3.04. The summed E-state index contributed by atoms with van der Waals surface area (Å²) in [5.41, 5.74) is 0.823. The summed E-state index contributed by atoms with van der Waals surface area (Å²) >= 11 is 1.56. The number of carbonyl (C=O) groups excluding carboxylic acids is 2. The van der Waals surface area contributed by atoms with Gasteiger partial charge in [0.1, 0.15) is 0 Å². The van der Waals surface area contributed by atoms with Crippen LogP contribution in [-0.2, 0) is 20.7 Å². The Kier molecular flexibility index (Phi) is 5.90. The van der Waals surface area contributed by atoms with Gasteiger partial charge >= 0.3 is 5.97 Å². The van der Waals surface area contributed by atoms with Crippen LogP contribution in [0.15, 0.2) is 5.38 Å².